The molecule has 0 unspecified atom stereocenters. The molecule has 0 saturated heterocycles. The lowest BCUT2D eigenvalue weighted by Gasteiger charge is -2.37. The highest BCUT2D eigenvalue weighted by Crippen LogP contribution is 2.48. The Hall–Kier alpha value is -2.11. The number of hydrogen-bond donors (Lipinski definition) is 0. The number of rotatable bonds is 4. The quantitative estimate of drug-likeness (QED) is 0.333. The van der Waals surface area contributed by atoms with Crippen molar-refractivity contribution < 1.29 is 27.1 Å². The molecule has 0 spiro atoms. The van der Waals surface area contributed by atoms with Crippen LogP contribution in [0.3, 0.4) is 0 Å². The molecule has 0 amide bonds. The van der Waals surface area contributed by atoms with Gasteiger partial charge in [-0.05, 0) is 92.9 Å². The molecule has 1 aromatic carbocycles. The van der Waals surface area contributed by atoms with Gasteiger partial charge in [0.1, 0.15) is 0 Å². The van der Waals surface area contributed by atoms with E-state index in [1.165, 1.54) is 50.7 Å². The standard InChI is InChI=1S/C27H32F4O2/c1-17-3-6-19(7-4-17)20-8-10-21(11-9-20)22-12-14-23(15-13-22)25(32)33-24-16-5-18(2)26(28,29)27(24,30)31/h5,12-17,19-21H,3-4,6-11H2,1-2H3. The summed E-state index contributed by atoms with van der Waals surface area (Å²) in [6.07, 6.45) is 11.7. The molecule has 0 N–H and O–H groups in total. The van der Waals surface area contributed by atoms with Crippen molar-refractivity contribution in [2.75, 3.05) is 0 Å². The average Bonchev–Trinajstić information content (AvgIpc) is 2.81. The molecule has 6 heteroatoms. The molecule has 3 aliphatic carbocycles. The lowest BCUT2D eigenvalue weighted by molar-refractivity contribution is -0.180. The third-order valence-electron chi connectivity index (χ3n) is 8.00. The van der Waals surface area contributed by atoms with Gasteiger partial charge in [-0.25, -0.2) is 4.79 Å². The summed E-state index contributed by atoms with van der Waals surface area (Å²) in [4.78, 5) is 12.4. The molecule has 3 aliphatic rings. The Kier molecular flexibility index (Phi) is 6.75. The molecule has 4 rings (SSSR count). The van der Waals surface area contributed by atoms with Crippen molar-refractivity contribution in [3.05, 3.63) is 58.9 Å². The molecular weight excluding hydrogens is 432 g/mol. The first-order valence-electron chi connectivity index (χ1n) is 12.1. The monoisotopic (exact) mass is 464 g/mol. The maximum atomic E-state index is 14.1. The molecule has 33 heavy (non-hydrogen) atoms. The van der Waals surface area contributed by atoms with Gasteiger partial charge in [0, 0.05) is 5.57 Å². The van der Waals surface area contributed by atoms with Gasteiger partial charge in [0.25, 0.3) is 0 Å². The van der Waals surface area contributed by atoms with Gasteiger partial charge in [-0.1, -0.05) is 38.0 Å². The smallest absolute Gasteiger partial charge is 0.370 e. The maximum absolute atomic E-state index is 14.1. The number of allylic oxidation sites excluding steroid dienone is 4. The fourth-order valence-corrected chi connectivity index (χ4v) is 5.64. The first kappa shape index (κ1) is 24.0. The van der Waals surface area contributed by atoms with Gasteiger partial charge < -0.3 is 4.74 Å². The molecule has 1 aromatic rings. The van der Waals surface area contributed by atoms with E-state index in [4.69, 9.17) is 4.74 Å². The van der Waals surface area contributed by atoms with E-state index < -0.39 is 29.1 Å². The van der Waals surface area contributed by atoms with Crippen LogP contribution in [-0.2, 0) is 4.74 Å². The third kappa shape index (κ3) is 4.76. The van der Waals surface area contributed by atoms with Crippen LogP contribution < -0.4 is 0 Å². The van der Waals surface area contributed by atoms with Gasteiger partial charge in [-0.2, -0.15) is 17.6 Å². The molecule has 2 fully saturated rings. The zero-order valence-electron chi connectivity index (χ0n) is 19.3. The largest absolute Gasteiger partial charge is 0.421 e. The van der Waals surface area contributed by atoms with Crippen molar-refractivity contribution in [2.45, 2.75) is 83.0 Å². The molecule has 0 aromatic heterocycles. The summed E-state index contributed by atoms with van der Waals surface area (Å²) in [5, 5.41) is 0. The van der Waals surface area contributed by atoms with E-state index in [2.05, 4.69) is 6.92 Å². The maximum Gasteiger partial charge on any atom is 0.370 e. The van der Waals surface area contributed by atoms with Crippen molar-refractivity contribution in [3.8, 4) is 0 Å². The van der Waals surface area contributed by atoms with Gasteiger partial charge in [-0.3, -0.25) is 0 Å². The molecule has 0 heterocycles. The Bertz CT molecular complexity index is 916. The molecule has 0 bridgehead atoms. The van der Waals surface area contributed by atoms with E-state index >= 15 is 0 Å². The van der Waals surface area contributed by atoms with Gasteiger partial charge in [0.15, 0.2) is 5.76 Å². The molecule has 2 saturated carbocycles. The second-order valence-corrected chi connectivity index (χ2v) is 10.2. The second-order valence-electron chi connectivity index (χ2n) is 10.2. The summed E-state index contributed by atoms with van der Waals surface area (Å²) < 4.78 is 60.7. The highest BCUT2D eigenvalue weighted by Gasteiger charge is 2.62. The van der Waals surface area contributed by atoms with E-state index in [0.29, 0.717) is 5.92 Å². The Balaban J connectivity index is 1.35. The molecular formula is C27H32F4O2. The van der Waals surface area contributed by atoms with Crippen LogP contribution in [0.15, 0.2) is 47.7 Å². The van der Waals surface area contributed by atoms with Crippen LogP contribution in [0, 0.1) is 17.8 Å². The summed E-state index contributed by atoms with van der Waals surface area (Å²) in [5.74, 6) is -8.41. The van der Waals surface area contributed by atoms with Crippen LogP contribution in [0.1, 0.15) is 87.1 Å². The minimum atomic E-state index is -4.57. The summed E-state index contributed by atoms with van der Waals surface area (Å²) >= 11 is 0. The van der Waals surface area contributed by atoms with Crippen LogP contribution in [0.25, 0.3) is 0 Å². The third-order valence-corrected chi connectivity index (χ3v) is 8.00. The Morgan fingerprint density at radius 2 is 1.36 bits per heavy atom. The van der Waals surface area contributed by atoms with E-state index in [9.17, 15) is 22.4 Å². The van der Waals surface area contributed by atoms with Gasteiger partial charge >= 0.3 is 17.8 Å². The van der Waals surface area contributed by atoms with Crippen LogP contribution in [0.4, 0.5) is 17.6 Å². The lowest BCUT2D eigenvalue weighted by atomic mass is 9.68. The zero-order chi connectivity index (χ0) is 23.8. The van der Waals surface area contributed by atoms with Crippen molar-refractivity contribution in [1.29, 1.82) is 0 Å². The first-order valence-corrected chi connectivity index (χ1v) is 12.1. The molecule has 0 aliphatic heterocycles. The molecule has 0 atom stereocenters. The van der Waals surface area contributed by atoms with Crippen molar-refractivity contribution in [1.82, 2.24) is 0 Å². The molecule has 0 radical (unpaired) electrons. The molecule has 2 nitrogen and oxygen atoms in total. The number of ether oxygens (including phenoxy) is 1. The van der Waals surface area contributed by atoms with E-state index in [0.717, 1.165) is 55.2 Å². The normalized spacial score (nSPS) is 31.3. The number of alkyl halides is 4. The Labute approximate surface area is 193 Å². The van der Waals surface area contributed by atoms with E-state index in [-0.39, 0.29) is 5.56 Å². The van der Waals surface area contributed by atoms with E-state index in [1.807, 2.05) is 12.1 Å². The second kappa shape index (κ2) is 9.27. The first-order chi connectivity index (χ1) is 15.6. The highest BCUT2D eigenvalue weighted by atomic mass is 19.3. The van der Waals surface area contributed by atoms with Crippen LogP contribution >= 0.6 is 0 Å². The summed E-state index contributed by atoms with van der Waals surface area (Å²) in [6, 6.07) is 6.73. The lowest BCUT2D eigenvalue weighted by Crippen LogP contribution is -2.45. The number of carbonyl (C=O) groups excluding carboxylic acids is 1. The number of hydrogen-bond acceptors (Lipinski definition) is 2. The van der Waals surface area contributed by atoms with Crippen LogP contribution in [0.2, 0.25) is 0 Å². The van der Waals surface area contributed by atoms with E-state index in [1.54, 1.807) is 0 Å². The van der Waals surface area contributed by atoms with Crippen LogP contribution in [-0.4, -0.2) is 17.8 Å². The number of esters is 1. The molecule has 180 valence electrons. The number of halogens is 4. The fraction of sp³-hybridized carbons (Fsp3) is 0.593. The van der Waals surface area contributed by atoms with Crippen molar-refractivity contribution in [2.24, 2.45) is 17.8 Å². The Morgan fingerprint density at radius 3 is 1.94 bits per heavy atom. The average molecular weight is 465 g/mol. The SMILES string of the molecule is CC1=CC=C(OC(=O)c2ccc(C3CCC(C4CCC(C)CC4)CC3)cc2)C(F)(F)C1(F)F. The predicted octanol–water partition coefficient (Wildman–Crippen LogP) is 8.06. The van der Waals surface area contributed by atoms with Crippen LogP contribution in [0.5, 0.6) is 0 Å². The topological polar surface area (TPSA) is 26.3 Å². The highest BCUT2D eigenvalue weighted by molar-refractivity contribution is 5.90. The summed E-state index contributed by atoms with van der Waals surface area (Å²) in [6.45, 7) is 3.27. The zero-order valence-corrected chi connectivity index (χ0v) is 19.3. The number of carbonyl (C=O) groups is 1. The van der Waals surface area contributed by atoms with Gasteiger partial charge in [0.2, 0.25) is 0 Å². The van der Waals surface area contributed by atoms with Gasteiger partial charge in [-0.15, -0.1) is 0 Å². The van der Waals surface area contributed by atoms with Crippen molar-refractivity contribution >= 4 is 5.97 Å². The van der Waals surface area contributed by atoms with Gasteiger partial charge in [0.05, 0.1) is 5.56 Å². The summed E-state index contributed by atoms with van der Waals surface area (Å²) in [7, 11) is 0. The minimum absolute atomic E-state index is 0.0649. The number of benzene rings is 1. The van der Waals surface area contributed by atoms with Crippen molar-refractivity contribution in [3.63, 3.8) is 0 Å². The Morgan fingerprint density at radius 1 is 0.818 bits per heavy atom. The minimum Gasteiger partial charge on any atom is -0.421 e. The predicted molar refractivity (Wildman–Crippen MR) is 119 cm³/mol. The summed E-state index contributed by atoms with van der Waals surface area (Å²) in [5.41, 5.74) is 0.411. The fourth-order valence-electron chi connectivity index (χ4n) is 5.64.